The lowest BCUT2D eigenvalue weighted by Gasteiger charge is -2.24. The number of carbonyl (C=O) groups excluding carboxylic acids is 3. The van der Waals surface area contributed by atoms with Gasteiger partial charge in [-0.15, -0.1) is 0 Å². The molecule has 3 heterocycles. The molecule has 0 spiro atoms. The van der Waals surface area contributed by atoms with E-state index in [9.17, 15) is 14.4 Å². The lowest BCUT2D eigenvalue weighted by atomic mass is 10.1. The number of imidazole rings is 1. The molecule has 2 aromatic rings. The van der Waals surface area contributed by atoms with E-state index in [0.717, 1.165) is 0 Å². The van der Waals surface area contributed by atoms with Crippen LogP contribution in [0.5, 0.6) is 0 Å². The van der Waals surface area contributed by atoms with Gasteiger partial charge in [0.15, 0.2) is 35.4 Å². The van der Waals surface area contributed by atoms with Gasteiger partial charge in [-0.05, 0) is 6.92 Å². The van der Waals surface area contributed by atoms with Gasteiger partial charge >= 0.3 is 17.9 Å². The van der Waals surface area contributed by atoms with Crippen molar-refractivity contribution in [3.05, 3.63) is 12.2 Å². The number of carbonyl (C=O) groups is 3. The summed E-state index contributed by atoms with van der Waals surface area (Å²) in [4.78, 5) is 47.1. The molecule has 2 N–H and O–H groups in total. The third-order valence-corrected chi connectivity index (χ3v) is 4.28. The van der Waals surface area contributed by atoms with Crippen LogP contribution in [0.3, 0.4) is 0 Å². The fourth-order valence-electron chi connectivity index (χ4n) is 3.24. The van der Waals surface area contributed by atoms with E-state index in [1.54, 1.807) is 11.5 Å². The number of anilines is 1. The van der Waals surface area contributed by atoms with Crippen LogP contribution in [0.4, 0.5) is 5.82 Å². The minimum absolute atomic E-state index is 0.173. The summed E-state index contributed by atoms with van der Waals surface area (Å²) in [6.07, 6.45) is -2.62. The highest BCUT2D eigenvalue weighted by Gasteiger charge is 2.51. The summed E-state index contributed by atoms with van der Waals surface area (Å²) >= 11 is 0. The number of nitrogen functional groups attached to an aromatic ring is 1. The quantitative estimate of drug-likeness (QED) is 0.527. The third kappa shape index (κ3) is 4.11. The first kappa shape index (κ1) is 20.5. The zero-order chi connectivity index (χ0) is 21.3. The minimum Gasteiger partial charge on any atom is -0.463 e. The maximum atomic E-state index is 11.7. The highest BCUT2D eigenvalue weighted by molar-refractivity contribution is 5.82. The predicted octanol–water partition coefficient (Wildman–Crippen LogP) is 0.0408. The van der Waals surface area contributed by atoms with Gasteiger partial charge in [-0.1, -0.05) is 0 Å². The highest BCUT2D eigenvalue weighted by Crippen LogP contribution is 2.37. The van der Waals surface area contributed by atoms with Crippen molar-refractivity contribution in [1.82, 2.24) is 19.5 Å². The molecule has 0 bridgehead atoms. The van der Waals surface area contributed by atoms with Gasteiger partial charge in [0.05, 0.1) is 0 Å². The molecule has 4 atom stereocenters. The van der Waals surface area contributed by atoms with Gasteiger partial charge in [0.1, 0.15) is 24.9 Å². The zero-order valence-corrected chi connectivity index (χ0v) is 16.3. The van der Waals surface area contributed by atoms with Gasteiger partial charge in [0, 0.05) is 20.8 Å². The molecule has 0 amide bonds. The minimum atomic E-state index is -1.04. The van der Waals surface area contributed by atoms with Gasteiger partial charge in [-0.3, -0.25) is 19.0 Å². The van der Waals surface area contributed by atoms with E-state index in [2.05, 4.69) is 15.0 Å². The Kier molecular flexibility index (Phi) is 5.64. The Labute approximate surface area is 165 Å². The van der Waals surface area contributed by atoms with Crippen molar-refractivity contribution in [2.45, 2.75) is 52.2 Å². The van der Waals surface area contributed by atoms with Gasteiger partial charge in [-0.25, -0.2) is 15.0 Å². The first-order chi connectivity index (χ1) is 13.7. The number of rotatable bonds is 5. The molecule has 0 radical (unpaired) electrons. The second kappa shape index (κ2) is 7.99. The van der Waals surface area contributed by atoms with Gasteiger partial charge in [-0.2, -0.15) is 0 Å². The number of hydrogen-bond acceptors (Lipinski definition) is 11. The number of fused-ring (bicyclic) bond motifs is 1. The largest absolute Gasteiger partial charge is 0.463 e. The SMILES string of the molecule is CC(=O)OCC1OC(n2c(C)nc3c(N)ncnc32)C(OC(C)=O)C1OC(C)=O. The standard InChI is InChI=1S/C17H21N5O7/c1-7-21-12-15(18)19-6-20-16(12)22(7)17-14(28-10(4)25)13(27-9(3)24)11(29-17)5-26-8(2)23/h6,11,13-14,17H,5H2,1-4H3,(H2,18,19,20). The summed E-state index contributed by atoms with van der Waals surface area (Å²) in [5.74, 6) is -1.11. The van der Waals surface area contributed by atoms with E-state index in [-0.39, 0.29) is 12.4 Å². The Balaban J connectivity index is 2.07. The summed E-state index contributed by atoms with van der Waals surface area (Å²) in [5.41, 5.74) is 6.58. The molecule has 1 aliphatic rings. The molecule has 0 aliphatic carbocycles. The van der Waals surface area contributed by atoms with Crippen LogP contribution < -0.4 is 5.73 Å². The predicted molar refractivity (Wildman–Crippen MR) is 96.1 cm³/mol. The lowest BCUT2D eigenvalue weighted by Crippen LogP contribution is -2.40. The van der Waals surface area contributed by atoms with E-state index >= 15 is 0 Å². The van der Waals surface area contributed by atoms with Crippen LogP contribution in [-0.2, 0) is 33.3 Å². The van der Waals surface area contributed by atoms with E-state index < -0.39 is 42.4 Å². The maximum Gasteiger partial charge on any atom is 0.303 e. The van der Waals surface area contributed by atoms with Gasteiger partial charge in [0.25, 0.3) is 0 Å². The second-order valence-electron chi connectivity index (χ2n) is 6.48. The molecule has 1 saturated heterocycles. The van der Waals surface area contributed by atoms with Crippen molar-refractivity contribution in [2.75, 3.05) is 12.3 Å². The number of nitrogens with zero attached hydrogens (tertiary/aromatic N) is 4. The Hall–Kier alpha value is -3.28. The fraction of sp³-hybridized carbons (Fsp3) is 0.529. The van der Waals surface area contributed by atoms with Crippen molar-refractivity contribution >= 4 is 34.9 Å². The molecule has 29 heavy (non-hydrogen) atoms. The van der Waals surface area contributed by atoms with Crippen molar-refractivity contribution in [3.8, 4) is 0 Å². The first-order valence-electron chi connectivity index (χ1n) is 8.77. The summed E-state index contributed by atoms with van der Waals surface area (Å²) in [7, 11) is 0. The molecule has 0 saturated carbocycles. The normalized spacial score (nSPS) is 23.7. The second-order valence-corrected chi connectivity index (χ2v) is 6.48. The van der Waals surface area contributed by atoms with Crippen LogP contribution in [0.25, 0.3) is 11.2 Å². The highest BCUT2D eigenvalue weighted by atomic mass is 16.7. The van der Waals surface area contributed by atoms with Crippen LogP contribution in [0.1, 0.15) is 32.8 Å². The Morgan fingerprint density at radius 3 is 2.38 bits per heavy atom. The van der Waals surface area contributed by atoms with Crippen molar-refractivity contribution in [1.29, 1.82) is 0 Å². The Bertz CT molecular complexity index is 959. The molecule has 12 heteroatoms. The molecule has 12 nitrogen and oxygen atoms in total. The fourth-order valence-corrected chi connectivity index (χ4v) is 3.24. The average Bonchev–Trinajstić information content (AvgIpc) is 3.11. The number of aryl methyl sites for hydroxylation is 1. The van der Waals surface area contributed by atoms with Crippen LogP contribution in [0, 0.1) is 6.92 Å². The Morgan fingerprint density at radius 2 is 1.76 bits per heavy atom. The lowest BCUT2D eigenvalue weighted by molar-refractivity contribution is -0.166. The number of aromatic nitrogens is 4. The van der Waals surface area contributed by atoms with E-state index in [4.69, 9.17) is 24.7 Å². The maximum absolute atomic E-state index is 11.7. The summed E-state index contributed by atoms with van der Waals surface area (Å²) < 4.78 is 23.4. The monoisotopic (exact) mass is 407 g/mol. The summed E-state index contributed by atoms with van der Waals surface area (Å²) in [5, 5.41) is 0. The van der Waals surface area contributed by atoms with E-state index in [0.29, 0.717) is 17.0 Å². The first-order valence-corrected chi connectivity index (χ1v) is 8.77. The van der Waals surface area contributed by atoms with Gasteiger partial charge in [0.2, 0.25) is 0 Å². The van der Waals surface area contributed by atoms with E-state index in [1.165, 1.54) is 27.1 Å². The Morgan fingerprint density at radius 1 is 1.10 bits per heavy atom. The summed E-state index contributed by atoms with van der Waals surface area (Å²) in [6, 6.07) is 0. The topological polar surface area (TPSA) is 158 Å². The smallest absolute Gasteiger partial charge is 0.303 e. The molecular formula is C17H21N5O7. The number of nitrogens with two attached hydrogens (primary N) is 1. The third-order valence-electron chi connectivity index (χ3n) is 4.28. The van der Waals surface area contributed by atoms with Crippen LogP contribution in [-0.4, -0.2) is 62.3 Å². The van der Waals surface area contributed by atoms with Crippen LogP contribution in [0.2, 0.25) is 0 Å². The van der Waals surface area contributed by atoms with E-state index in [1.807, 2.05) is 0 Å². The van der Waals surface area contributed by atoms with Crippen molar-refractivity contribution < 1.29 is 33.3 Å². The molecule has 1 fully saturated rings. The molecule has 1 aliphatic heterocycles. The van der Waals surface area contributed by atoms with Gasteiger partial charge < -0.3 is 24.7 Å². The van der Waals surface area contributed by atoms with Crippen LogP contribution in [0.15, 0.2) is 6.33 Å². The molecule has 4 unspecified atom stereocenters. The average molecular weight is 407 g/mol. The molecule has 156 valence electrons. The number of esters is 3. The molecular weight excluding hydrogens is 386 g/mol. The molecule has 2 aromatic heterocycles. The number of hydrogen-bond donors (Lipinski definition) is 1. The molecule has 0 aromatic carbocycles. The van der Waals surface area contributed by atoms with Crippen LogP contribution >= 0.6 is 0 Å². The van der Waals surface area contributed by atoms with Crippen molar-refractivity contribution in [3.63, 3.8) is 0 Å². The molecule has 3 rings (SSSR count). The summed E-state index contributed by atoms with van der Waals surface area (Å²) in [6.45, 7) is 5.16. The zero-order valence-electron chi connectivity index (χ0n) is 16.3. The number of ether oxygens (including phenoxy) is 4. The van der Waals surface area contributed by atoms with Crippen molar-refractivity contribution in [2.24, 2.45) is 0 Å².